The zero-order chi connectivity index (χ0) is 96.5. The molecule has 11 rings (SSSR count). The molecular weight excluding hydrogens is 1540 g/mol. The van der Waals surface area contributed by atoms with Gasteiger partial charge in [-0.05, 0) is 411 Å². The van der Waals surface area contributed by atoms with Gasteiger partial charge in [0.05, 0.1) is 0 Å². The molecule has 10 atom stereocenters. The minimum absolute atomic E-state index is 0. The monoisotopic (exact) mass is 1800 g/mol. The SMILES string of the molecule is C.C.C.C.C.CC.CC.CC.CC.CC(C)(C)C1C2CCC1CN(C(C)(C)C)C2.CC(C)(C)C1CC2CC1CN2C(C)(C)C.CC(C)(C)C1CC2CCC(C1)N2C(C)(C)C.CC(C)(C)C1CCCN(C(C)(C)C)CC1.CC(C)(C)C1CCCN1C(C)(C)C.CC(C)(C)C1CCN(C(C)(C)C)C1.CC(C)(C)C1CCN(C(C)(C)C)CC1.CC(C)(C)C1CN(C(C)(C)C)C1. The first-order valence-electron chi connectivity index (χ1n) is 52.7. The maximum Gasteiger partial charge on any atom is 0.0149 e. The van der Waals surface area contributed by atoms with Crippen LogP contribution in [0, 0.1) is 102 Å². The summed E-state index contributed by atoms with van der Waals surface area (Å²) in [6.07, 6.45) is 22.6. The fourth-order valence-corrected chi connectivity index (χ4v) is 23.2. The van der Waals surface area contributed by atoms with Crippen molar-refractivity contribution in [1.82, 2.24) is 39.2 Å². The van der Waals surface area contributed by atoms with E-state index in [1.54, 1.807) is 0 Å². The van der Waals surface area contributed by atoms with Gasteiger partial charge in [0.25, 0.3) is 0 Å². The topological polar surface area (TPSA) is 25.9 Å². The van der Waals surface area contributed by atoms with Crippen molar-refractivity contribution in [1.29, 1.82) is 0 Å². The highest BCUT2D eigenvalue weighted by atomic mass is 15.3. The van der Waals surface area contributed by atoms with E-state index in [0.29, 0.717) is 87.6 Å². The molecule has 2 saturated carbocycles. The third-order valence-electron chi connectivity index (χ3n) is 31.1. The highest BCUT2D eigenvalue weighted by Gasteiger charge is 2.53. The van der Waals surface area contributed by atoms with Crippen molar-refractivity contribution in [3.05, 3.63) is 0 Å². The highest BCUT2D eigenvalue weighted by molar-refractivity contribution is 5.06. The number of nitrogens with zero attached hydrogens (tertiary/aromatic N) is 8. The smallest absolute Gasteiger partial charge is 0.0149 e. The van der Waals surface area contributed by atoms with Gasteiger partial charge in [-0.1, -0.05) is 259 Å². The number of piperidine rings is 4. The minimum Gasteiger partial charge on any atom is -0.298 e. The Hall–Kier alpha value is -0.320. The van der Waals surface area contributed by atoms with Crippen LogP contribution in [0.4, 0.5) is 0 Å². The van der Waals surface area contributed by atoms with Crippen molar-refractivity contribution in [2.45, 2.75) is 596 Å². The van der Waals surface area contributed by atoms with E-state index in [2.05, 4.69) is 372 Å². The Labute approximate surface area is 811 Å². The van der Waals surface area contributed by atoms with Crippen LogP contribution in [0.15, 0.2) is 0 Å². The van der Waals surface area contributed by atoms with Crippen LogP contribution in [0.2, 0.25) is 0 Å². The lowest BCUT2D eigenvalue weighted by molar-refractivity contribution is -0.0345. The normalized spacial score (nSPS) is 27.1. The molecule has 0 amide bonds. The maximum absolute atomic E-state index is 2.81. The molecule has 9 heterocycles. The lowest BCUT2D eigenvalue weighted by Gasteiger charge is -2.52. The molecule has 774 valence electrons. The Kier molecular flexibility index (Phi) is 58.7. The summed E-state index contributed by atoms with van der Waals surface area (Å²) < 4.78 is 0. The fraction of sp³-hybridized carbons (Fsp3) is 1.00. The van der Waals surface area contributed by atoms with Crippen molar-refractivity contribution in [3.8, 4) is 0 Å². The second-order valence-electron chi connectivity index (χ2n) is 56.7. The molecule has 2 aliphatic carbocycles. The summed E-state index contributed by atoms with van der Waals surface area (Å²) in [4.78, 5) is 21.4. The molecule has 0 aromatic carbocycles. The average molecular weight is 1800 g/mol. The number of hydrogen-bond donors (Lipinski definition) is 0. The van der Waals surface area contributed by atoms with E-state index in [1.807, 2.05) is 55.4 Å². The number of rotatable bonds is 0. The van der Waals surface area contributed by atoms with E-state index in [-0.39, 0.29) is 37.1 Å². The van der Waals surface area contributed by atoms with Gasteiger partial charge in [0.2, 0.25) is 0 Å². The van der Waals surface area contributed by atoms with Gasteiger partial charge in [-0.2, -0.15) is 0 Å². The zero-order valence-electron chi connectivity index (χ0n) is 95.5. The largest absolute Gasteiger partial charge is 0.298 e. The molecule has 10 unspecified atom stereocenters. The summed E-state index contributed by atoms with van der Waals surface area (Å²) in [5.41, 5.74) is 6.86. The van der Waals surface area contributed by atoms with Crippen molar-refractivity contribution in [2.75, 3.05) is 78.5 Å². The predicted molar refractivity (Wildman–Crippen MR) is 590 cm³/mol. The molecule has 11 aliphatic rings. The maximum atomic E-state index is 2.81. The summed E-state index contributed by atoms with van der Waals surface area (Å²) in [7, 11) is 0. The molecule has 9 aliphatic heterocycles. The van der Waals surface area contributed by atoms with Gasteiger partial charge >= 0.3 is 0 Å². The lowest BCUT2D eigenvalue weighted by atomic mass is 9.68. The van der Waals surface area contributed by atoms with Gasteiger partial charge in [0.15, 0.2) is 0 Å². The Balaban J connectivity index is -0.000000324. The molecule has 0 aromatic heterocycles. The quantitative estimate of drug-likeness (QED) is 0.237. The summed E-state index contributed by atoms with van der Waals surface area (Å²) in [5.74, 6) is 9.34. The van der Waals surface area contributed by atoms with Crippen molar-refractivity contribution < 1.29 is 0 Å². The molecule has 127 heavy (non-hydrogen) atoms. The summed E-state index contributed by atoms with van der Waals surface area (Å²) in [6.45, 7) is 145. The van der Waals surface area contributed by atoms with Crippen LogP contribution in [0.25, 0.3) is 0 Å². The molecule has 0 aromatic rings. The van der Waals surface area contributed by atoms with Crippen LogP contribution < -0.4 is 0 Å². The fourth-order valence-electron chi connectivity index (χ4n) is 23.2. The van der Waals surface area contributed by atoms with Crippen LogP contribution in [0.1, 0.15) is 528 Å². The highest BCUT2D eigenvalue weighted by Crippen LogP contribution is 2.54. The van der Waals surface area contributed by atoms with Crippen LogP contribution in [-0.2, 0) is 0 Å². The van der Waals surface area contributed by atoms with E-state index >= 15 is 0 Å². The van der Waals surface area contributed by atoms with E-state index < -0.39 is 0 Å². The molecule has 8 heteroatoms. The van der Waals surface area contributed by atoms with Gasteiger partial charge in [-0.15, -0.1) is 0 Å². The van der Waals surface area contributed by atoms with Gasteiger partial charge in [0, 0.05) is 108 Å². The number of hydrogen-bond acceptors (Lipinski definition) is 8. The van der Waals surface area contributed by atoms with Gasteiger partial charge < -0.3 is 0 Å². The molecule has 6 bridgehead atoms. The van der Waals surface area contributed by atoms with Crippen molar-refractivity contribution >= 4 is 0 Å². The molecule has 9 saturated heterocycles. The summed E-state index contributed by atoms with van der Waals surface area (Å²) in [5, 5.41) is 0. The Morgan fingerprint density at radius 3 is 0.764 bits per heavy atom. The second-order valence-corrected chi connectivity index (χ2v) is 56.7. The van der Waals surface area contributed by atoms with Crippen LogP contribution in [0.5, 0.6) is 0 Å². The first kappa shape index (κ1) is 137. The molecule has 0 spiro atoms. The van der Waals surface area contributed by atoms with Crippen LogP contribution >= 0.6 is 0 Å². The van der Waals surface area contributed by atoms with Gasteiger partial charge in [-0.3, -0.25) is 39.2 Å². The standard InChI is InChI=1S/2C15H29N.C14H27N.C14H29N.C13H27N.2C12H25N.C11H23N.4C2H6.5CH4/c1-14(2,3)11-9-12-7-8-13(10-11)16(12)15(4,5)6;1-14(2,3)13-11-7-8-12(13)10-16(9-11)15(4,5)6;1-13(2,3)12-8-11-7-10(12)9-15(11)14(4,5)6;1-13(2,3)12-8-7-10-15(11-9-12)14(4,5)6;1-12(2,3)11-7-9-14(10-8-11)13(4,5)6;1-11(2,3)10-7-8-13(9-10)12(4,5)6;1-11(2,3)10-8-7-9-13(10)12(4,5)6;1-10(2,3)9-7-12(8-9)11(4,5)6;4*1-2;;;;;/h2*11-13H,7-10H2,1-6H3;10-12H,7-9H2,1-6H3;12H,7-11H2,1-6H3;11H,7-10H2,1-6H3;2*10H,7-9H2,1-6H3;9H,7-8H2,1-6H3;4*1-2H3;5*1H4. The van der Waals surface area contributed by atoms with Crippen LogP contribution in [0.3, 0.4) is 0 Å². The minimum atomic E-state index is 0. The molecule has 0 N–H and O–H groups in total. The third-order valence-corrected chi connectivity index (χ3v) is 31.1. The molecular formula is C119H258N8. The first-order valence-corrected chi connectivity index (χ1v) is 52.7. The molecule has 8 nitrogen and oxygen atoms in total. The molecule has 11 fully saturated rings. The summed E-state index contributed by atoms with van der Waals surface area (Å²) >= 11 is 0. The van der Waals surface area contributed by atoms with E-state index in [1.165, 1.54) is 181 Å². The third kappa shape index (κ3) is 45.4. The van der Waals surface area contributed by atoms with Crippen molar-refractivity contribution in [2.24, 2.45) is 102 Å². The first-order chi connectivity index (χ1) is 54.6. The van der Waals surface area contributed by atoms with E-state index in [4.69, 9.17) is 0 Å². The second kappa shape index (κ2) is 54.3. The van der Waals surface area contributed by atoms with Crippen LogP contribution in [-0.4, -0.2) is 186 Å². The Morgan fingerprint density at radius 2 is 0.496 bits per heavy atom. The van der Waals surface area contributed by atoms with E-state index in [9.17, 15) is 0 Å². The molecule has 0 radical (unpaired) electrons. The predicted octanol–water partition coefficient (Wildman–Crippen LogP) is 35.4. The number of fused-ring (bicyclic) bond motifs is 6. The Morgan fingerprint density at radius 1 is 0.189 bits per heavy atom. The van der Waals surface area contributed by atoms with Gasteiger partial charge in [0.1, 0.15) is 0 Å². The van der Waals surface area contributed by atoms with E-state index in [0.717, 1.165) is 83.3 Å². The lowest BCUT2D eigenvalue weighted by Crippen LogP contribution is -2.59. The summed E-state index contributed by atoms with van der Waals surface area (Å²) in [6, 6.07) is 3.37. The zero-order valence-corrected chi connectivity index (χ0v) is 95.5. The average Bonchev–Trinajstić information content (AvgIpc) is 1.65. The van der Waals surface area contributed by atoms with Gasteiger partial charge in [-0.25, -0.2) is 0 Å². The number of likely N-dealkylation sites (tertiary alicyclic amines) is 7. The van der Waals surface area contributed by atoms with Crippen molar-refractivity contribution in [3.63, 3.8) is 0 Å². The Bertz CT molecular complexity index is 2540.